The molecule has 1 N–H and O–H groups in total. The number of hydrogen-bond acceptors (Lipinski definition) is 3. The van der Waals surface area contributed by atoms with Gasteiger partial charge in [0.15, 0.2) is 0 Å². The van der Waals surface area contributed by atoms with Crippen LogP contribution >= 0.6 is 11.3 Å². The van der Waals surface area contributed by atoms with Gasteiger partial charge in [-0.15, -0.1) is 11.3 Å². The lowest BCUT2D eigenvalue weighted by atomic mass is 9.97. The fourth-order valence-corrected chi connectivity index (χ4v) is 3.85. The van der Waals surface area contributed by atoms with E-state index in [9.17, 15) is 9.18 Å². The Balaban J connectivity index is 1.60. The minimum Gasteiger partial charge on any atom is -0.481 e. The molecule has 0 aliphatic carbocycles. The zero-order valence-electron chi connectivity index (χ0n) is 12.2. The minimum absolute atomic E-state index is 0.186. The minimum atomic E-state index is -0.672. The Bertz CT molecular complexity index is 645. The molecule has 2 heterocycles. The second kappa shape index (κ2) is 6.58. The van der Waals surface area contributed by atoms with Crippen molar-refractivity contribution in [2.75, 3.05) is 13.1 Å². The highest BCUT2D eigenvalue weighted by Crippen LogP contribution is 2.29. The molecule has 22 heavy (non-hydrogen) atoms. The maximum atomic E-state index is 13.0. The molecule has 1 fully saturated rings. The van der Waals surface area contributed by atoms with Crippen LogP contribution in [-0.4, -0.2) is 29.1 Å². The van der Waals surface area contributed by atoms with Crippen molar-refractivity contribution < 1.29 is 14.3 Å². The number of carboxylic acid groups (broad SMARTS) is 1. The van der Waals surface area contributed by atoms with Gasteiger partial charge in [0.05, 0.1) is 5.92 Å². The van der Waals surface area contributed by atoms with E-state index in [1.807, 2.05) is 0 Å². The van der Waals surface area contributed by atoms with Crippen LogP contribution in [0.15, 0.2) is 36.4 Å². The molecule has 116 valence electrons. The van der Waals surface area contributed by atoms with Crippen LogP contribution in [0.5, 0.6) is 0 Å². The number of thiophene rings is 1. The van der Waals surface area contributed by atoms with Crippen molar-refractivity contribution in [3.63, 3.8) is 0 Å². The monoisotopic (exact) mass is 319 g/mol. The molecule has 3 nitrogen and oxygen atoms in total. The van der Waals surface area contributed by atoms with Gasteiger partial charge in [-0.1, -0.05) is 12.1 Å². The summed E-state index contributed by atoms with van der Waals surface area (Å²) >= 11 is 1.71. The number of carbonyl (C=O) groups is 1. The third kappa shape index (κ3) is 3.54. The molecular formula is C17H18FNO2S. The van der Waals surface area contributed by atoms with E-state index in [0.29, 0.717) is 0 Å². The Morgan fingerprint density at radius 3 is 2.50 bits per heavy atom. The number of aliphatic carboxylic acids is 1. The van der Waals surface area contributed by atoms with Gasteiger partial charge in [-0.25, -0.2) is 4.39 Å². The molecule has 1 aliphatic heterocycles. The zero-order chi connectivity index (χ0) is 15.5. The highest BCUT2D eigenvalue weighted by Gasteiger charge is 2.24. The summed E-state index contributed by atoms with van der Waals surface area (Å²) in [6.45, 7) is 2.53. The summed E-state index contributed by atoms with van der Waals surface area (Å²) in [5, 5.41) is 9.02. The molecule has 0 bridgehead atoms. The van der Waals surface area contributed by atoms with Gasteiger partial charge in [0.25, 0.3) is 0 Å². The molecular weight excluding hydrogens is 301 g/mol. The number of rotatable bonds is 4. The van der Waals surface area contributed by atoms with Crippen LogP contribution in [0.3, 0.4) is 0 Å². The van der Waals surface area contributed by atoms with Crippen LogP contribution in [0.2, 0.25) is 0 Å². The number of nitrogens with zero attached hydrogens (tertiary/aromatic N) is 1. The Labute approximate surface area is 133 Å². The second-order valence-corrected chi connectivity index (χ2v) is 6.83. The lowest BCUT2D eigenvalue weighted by molar-refractivity contribution is -0.143. The number of carboxylic acids is 1. The van der Waals surface area contributed by atoms with Gasteiger partial charge in [0.1, 0.15) is 5.82 Å². The smallest absolute Gasteiger partial charge is 0.306 e. The third-order valence-corrected chi connectivity index (χ3v) is 5.23. The van der Waals surface area contributed by atoms with Gasteiger partial charge < -0.3 is 5.11 Å². The average molecular weight is 319 g/mol. The fraction of sp³-hybridized carbons (Fsp3) is 0.353. The summed E-state index contributed by atoms with van der Waals surface area (Å²) in [4.78, 5) is 15.7. The van der Waals surface area contributed by atoms with E-state index in [-0.39, 0.29) is 11.7 Å². The van der Waals surface area contributed by atoms with E-state index in [0.717, 1.165) is 42.9 Å². The summed E-state index contributed by atoms with van der Waals surface area (Å²) in [5.74, 6) is -1.08. The molecule has 0 unspecified atom stereocenters. The van der Waals surface area contributed by atoms with Crippen LogP contribution in [0.4, 0.5) is 4.39 Å². The van der Waals surface area contributed by atoms with E-state index < -0.39 is 5.97 Å². The maximum absolute atomic E-state index is 13.0. The summed E-state index contributed by atoms with van der Waals surface area (Å²) in [5.41, 5.74) is 1.03. The largest absolute Gasteiger partial charge is 0.481 e. The van der Waals surface area contributed by atoms with Crippen molar-refractivity contribution >= 4 is 17.3 Å². The highest BCUT2D eigenvalue weighted by atomic mass is 32.1. The molecule has 0 radical (unpaired) electrons. The van der Waals surface area contributed by atoms with Gasteiger partial charge in [-0.05, 0) is 55.8 Å². The van der Waals surface area contributed by atoms with E-state index >= 15 is 0 Å². The molecule has 0 saturated carbocycles. The SMILES string of the molecule is O=C(O)C1CCN(Cc2ccc(-c3ccc(F)cc3)s2)CC1. The van der Waals surface area contributed by atoms with E-state index in [1.54, 1.807) is 23.5 Å². The number of likely N-dealkylation sites (tertiary alicyclic amines) is 1. The lowest BCUT2D eigenvalue weighted by Crippen LogP contribution is -2.35. The molecule has 2 aromatic rings. The Hall–Kier alpha value is -1.72. The first-order chi connectivity index (χ1) is 10.6. The second-order valence-electron chi connectivity index (χ2n) is 5.66. The number of piperidine rings is 1. The summed E-state index contributed by atoms with van der Waals surface area (Å²) in [7, 11) is 0. The normalized spacial score (nSPS) is 16.8. The molecule has 3 rings (SSSR count). The van der Waals surface area contributed by atoms with E-state index in [1.165, 1.54) is 17.0 Å². The summed E-state index contributed by atoms with van der Waals surface area (Å²) < 4.78 is 13.0. The quantitative estimate of drug-likeness (QED) is 0.930. The molecule has 0 atom stereocenters. The van der Waals surface area contributed by atoms with Crippen LogP contribution in [-0.2, 0) is 11.3 Å². The van der Waals surface area contributed by atoms with Crippen LogP contribution in [0.25, 0.3) is 10.4 Å². The molecule has 1 saturated heterocycles. The van der Waals surface area contributed by atoms with Crippen molar-refractivity contribution in [1.29, 1.82) is 0 Å². The van der Waals surface area contributed by atoms with Crippen LogP contribution in [0.1, 0.15) is 17.7 Å². The summed E-state index contributed by atoms with van der Waals surface area (Å²) in [6, 6.07) is 10.7. The first-order valence-corrected chi connectivity index (χ1v) is 8.23. The molecule has 1 aromatic carbocycles. The van der Waals surface area contributed by atoms with Crippen molar-refractivity contribution in [3.05, 3.63) is 47.1 Å². The van der Waals surface area contributed by atoms with Crippen molar-refractivity contribution in [2.45, 2.75) is 19.4 Å². The topological polar surface area (TPSA) is 40.5 Å². The zero-order valence-corrected chi connectivity index (χ0v) is 13.0. The Morgan fingerprint density at radius 2 is 1.86 bits per heavy atom. The van der Waals surface area contributed by atoms with Gasteiger partial charge in [0.2, 0.25) is 0 Å². The van der Waals surface area contributed by atoms with Crippen molar-refractivity contribution in [2.24, 2.45) is 5.92 Å². The van der Waals surface area contributed by atoms with Crippen molar-refractivity contribution in [1.82, 2.24) is 4.90 Å². The van der Waals surface area contributed by atoms with E-state index in [4.69, 9.17) is 5.11 Å². The van der Waals surface area contributed by atoms with Crippen LogP contribution in [0, 0.1) is 11.7 Å². The van der Waals surface area contributed by atoms with Gasteiger partial charge in [-0.3, -0.25) is 9.69 Å². The van der Waals surface area contributed by atoms with Gasteiger partial charge in [-0.2, -0.15) is 0 Å². The first kappa shape index (κ1) is 15.2. The van der Waals surface area contributed by atoms with Gasteiger partial charge in [0, 0.05) is 16.3 Å². The molecule has 1 aromatic heterocycles. The Morgan fingerprint density at radius 1 is 1.18 bits per heavy atom. The predicted molar refractivity (Wildman–Crippen MR) is 85.3 cm³/mol. The molecule has 0 amide bonds. The number of benzene rings is 1. The fourth-order valence-electron chi connectivity index (χ4n) is 2.79. The number of hydrogen-bond donors (Lipinski definition) is 1. The lowest BCUT2D eigenvalue weighted by Gasteiger charge is -2.29. The molecule has 5 heteroatoms. The standard InChI is InChI=1S/C17H18FNO2S/c18-14-3-1-12(2-4-14)16-6-5-15(22-16)11-19-9-7-13(8-10-19)17(20)21/h1-6,13H,7-11H2,(H,20,21). The van der Waals surface area contributed by atoms with Gasteiger partial charge >= 0.3 is 5.97 Å². The molecule has 0 spiro atoms. The average Bonchev–Trinajstić information content (AvgIpc) is 2.97. The highest BCUT2D eigenvalue weighted by molar-refractivity contribution is 7.15. The van der Waals surface area contributed by atoms with Crippen LogP contribution < -0.4 is 0 Å². The van der Waals surface area contributed by atoms with E-state index in [2.05, 4.69) is 17.0 Å². The third-order valence-electron chi connectivity index (χ3n) is 4.11. The molecule has 1 aliphatic rings. The Kier molecular flexibility index (Phi) is 4.55. The first-order valence-electron chi connectivity index (χ1n) is 7.41. The number of halogens is 1. The van der Waals surface area contributed by atoms with Crippen molar-refractivity contribution in [3.8, 4) is 10.4 Å². The summed E-state index contributed by atoms with van der Waals surface area (Å²) in [6.07, 6.45) is 1.46. The maximum Gasteiger partial charge on any atom is 0.306 e. The predicted octanol–water partition coefficient (Wildman–Crippen LogP) is 3.85.